The van der Waals surface area contributed by atoms with Gasteiger partial charge >= 0.3 is 0 Å². The van der Waals surface area contributed by atoms with Crippen LogP contribution >= 0.6 is 23.6 Å². The molecule has 0 aliphatic heterocycles. The molecule has 2 heterocycles. The number of rotatable bonds is 5. The van der Waals surface area contributed by atoms with Crippen LogP contribution in [0.15, 0.2) is 17.5 Å². The first-order valence-electron chi connectivity index (χ1n) is 6.85. The fourth-order valence-electron chi connectivity index (χ4n) is 2.19. The van der Waals surface area contributed by atoms with E-state index in [1.807, 2.05) is 13.8 Å². The van der Waals surface area contributed by atoms with Crippen LogP contribution < -0.4 is 11.1 Å². The summed E-state index contributed by atoms with van der Waals surface area (Å²) in [5.74, 6) is 1.07. The van der Waals surface area contributed by atoms with E-state index in [4.69, 9.17) is 18.0 Å². The number of anilines is 1. The van der Waals surface area contributed by atoms with Crippen molar-refractivity contribution in [1.82, 2.24) is 10.2 Å². The Bertz CT molecular complexity index is 635. The number of thiophene rings is 1. The minimum Gasteiger partial charge on any atom is -0.389 e. The van der Waals surface area contributed by atoms with Gasteiger partial charge in [-0.25, -0.2) is 0 Å². The highest BCUT2D eigenvalue weighted by atomic mass is 32.1. The van der Waals surface area contributed by atoms with E-state index in [2.05, 4.69) is 46.9 Å². The molecule has 2 aromatic heterocycles. The zero-order chi connectivity index (χ0) is 15.6. The Morgan fingerprint density at radius 2 is 2.05 bits per heavy atom. The molecule has 1 unspecified atom stereocenters. The number of aromatic nitrogens is 2. The van der Waals surface area contributed by atoms with Crippen LogP contribution in [0, 0.1) is 19.8 Å². The molecule has 0 bridgehead atoms. The summed E-state index contributed by atoms with van der Waals surface area (Å²) in [5.41, 5.74) is 8.50. The number of aryl methyl sites for hydroxylation is 1. The van der Waals surface area contributed by atoms with Crippen LogP contribution in [-0.4, -0.2) is 15.2 Å². The quantitative estimate of drug-likeness (QED) is 0.824. The molecule has 0 aliphatic rings. The highest BCUT2D eigenvalue weighted by molar-refractivity contribution is 7.80. The van der Waals surface area contributed by atoms with Gasteiger partial charge < -0.3 is 11.1 Å². The number of thiocarbonyl (C=S) groups is 1. The molecular weight excluding hydrogens is 300 g/mol. The second-order valence-electron chi connectivity index (χ2n) is 5.38. The first-order valence-corrected chi connectivity index (χ1v) is 8.14. The molecule has 112 valence electrons. The Balaban J connectivity index is 2.42. The molecule has 0 saturated heterocycles. The van der Waals surface area contributed by atoms with Gasteiger partial charge in [-0.1, -0.05) is 32.1 Å². The van der Waals surface area contributed by atoms with Crippen molar-refractivity contribution < 1.29 is 0 Å². The molecule has 2 rings (SSSR count). The van der Waals surface area contributed by atoms with E-state index in [1.54, 1.807) is 11.3 Å². The Hall–Kier alpha value is -1.53. The van der Waals surface area contributed by atoms with E-state index in [1.165, 1.54) is 4.88 Å². The second kappa shape index (κ2) is 6.49. The third kappa shape index (κ3) is 3.39. The van der Waals surface area contributed by atoms with Crippen LogP contribution in [0.25, 0.3) is 0 Å². The second-order valence-corrected chi connectivity index (χ2v) is 6.80. The Kier molecular flexibility index (Phi) is 4.90. The fourth-order valence-corrected chi connectivity index (χ4v) is 3.39. The molecule has 0 aliphatic carbocycles. The normalized spacial score (nSPS) is 12.4. The maximum Gasteiger partial charge on any atom is 0.159 e. The van der Waals surface area contributed by atoms with E-state index in [9.17, 15) is 0 Å². The molecule has 0 amide bonds. The molecule has 0 fully saturated rings. The Morgan fingerprint density at radius 1 is 1.33 bits per heavy atom. The Labute approximate surface area is 134 Å². The molecule has 3 N–H and O–H groups in total. The van der Waals surface area contributed by atoms with Crippen molar-refractivity contribution in [3.63, 3.8) is 0 Å². The summed E-state index contributed by atoms with van der Waals surface area (Å²) in [5, 5.41) is 14.0. The lowest BCUT2D eigenvalue weighted by Gasteiger charge is -2.23. The van der Waals surface area contributed by atoms with Crippen LogP contribution in [-0.2, 0) is 0 Å². The van der Waals surface area contributed by atoms with E-state index < -0.39 is 0 Å². The Morgan fingerprint density at radius 3 is 2.57 bits per heavy atom. The SMILES string of the molecule is Cc1nnc(NC(c2cccs2)C(C)C)c(C(N)=S)c1C. The molecule has 4 nitrogen and oxygen atoms in total. The first kappa shape index (κ1) is 15.9. The van der Waals surface area contributed by atoms with Crippen LogP contribution in [0.2, 0.25) is 0 Å². The molecule has 2 aromatic rings. The van der Waals surface area contributed by atoms with Gasteiger partial charge in [0.1, 0.15) is 4.99 Å². The fraction of sp³-hybridized carbons (Fsp3) is 0.400. The highest BCUT2D eigenvalue weighted by Gasteiger charge is 2.21. The van der Waals surface area contributed by atoms with Crippen molar-refractivity contribution in [2.75, 3.05) is 5.32 Å². The molecular formula is C15H20N4S2. The van der Waals surface area contributed by atoms with Crippen LogP contribution in [0.5, 0.6) is 0 Å². The maximum absolute atomic E-state index is 5.88. The molecule has 0 aromatic carbocycles. The molecule has 0 radical (unpaired) electrons. The summed E-state index contributed by atoms with van der Waals surface area (Å²) in [6, 6.07) is 4.34. The summed E-state index contributed by atoms with van der Waals surface area (Å²) in [4.78, 5) is 1.61. The zero-order valence-corrected chi connectivity index (χ0v) is 14.3. The summed E-state index contributed by atoms with van der Waals surface area (Å²) in [6.45, 7) is 8.23. The smallest absolute Gasteiger partial charge is 0.159 e. The van der Waals surface area contributed by atoms with E-state index >= 15 is 0 Å². The predicted molar refractivity (Wildman–Crippen MR) is 92.9 cm³/mol. The van der Waals surface area contributed by atoms with Crippen molar-refractivity contribution in [3.8, 4) is 0 Å². The van der Waals surface area contributed by atoms with Gasteiger partial charge in [0.2, 0.25) is 0 Å². The predicted octanol–water partition coefficient (Wildman–Crippen LogP) is 3.60. The van der Waals surface area contributed by atoms with Gasteiger partial charge in [0, 0.05) is 4.88 Å². The van der Waals surface area contributed by atoms with E-state index in [-0.39, 0.29) is 6.04 Å². The highest BCUT2D eigenvalue weighted by Crippen LogP contribution is 2.31. The van der Waals surface area contributed by atoms with Crippen LogP contribution in [0.3, 0.4) is 0 Å². The van der Waals surface area contributed by atoms with Gasteiger partial charge in [0.15, 0.2) is 5.82 Å². The van der Waals surface area contributed by atoms with Gasteiger partial charge in [-0.3, -0.25) is 0 Å². The number of nitrogens with zero attached hydrogens (tertiary/aromatic N) is 2. The van der Waals surface area contributed by atoms with Gasteiger partial charge in [-0.15, -0.1) is 16.4 Å². The van der Waals surface area contributed by atoms with Crippen LogP contribution in [0.1, 0.15) is 41.6 Å². The van der Waals surface area contributed by atoms with E-state index in [0.29, 0.717) is 16.7 Å². The van der Waals surface area contributed by atoms with Crippen molar-refractivity contribution in [3.05, 3.63) is 39.2 Å². The summed E-state index contributed by atoms with van der Waals surface area (Å²) < 4.78 is 0. The lowest BCUT2D eigenvalue weighted by atomic mass is 10.0. The van der Waals surface area contributed by atoms with Crippen LogP contribution in [0.4, 0.5) is 5.82 Å². The maximum atomic E-state index is 5.88. The van der Waals surface area contributed by atoms with Gasteiger partial charge in [0.05, 0.1) is 17.3 Å². The molecule has 0 saturated carbocycles. The van der Waals surface area contributed by atoms with Crippen molar-refractivity contribution >= 4 is 34.4 Å². The molecule has 0 spiro atoms. The van der Waals surface area contributed by atoms with Gasteiger partial charge in [-0.05, 0) is 36.8 Å². The first-order chi connectivity index (χ1) is 9.91. The van der Waals surface area contributed by atoms with E-state index in [0.717, 1.165) is 16.8 Å². The topological polar surface area (TPSA) is 63.8 Å². The third-order valence-corrected chi connectivity index (χ3v) is 4.67. The minimum absolute atomic E-state index is 0.162. The van der Waals surface area contributed by atoms with Crippen molar-refractivity contribution in [2.45, 2.75) is 33.7 Å². The average molecular weight is 320 g/mol. The number of hydrogen-bond donors (Lipinski definition) is 2. The lowest BCUT2D eigenvalue weighted by molar-refractivity contribution is 0.551. The third-order valence-electron chi connectivity index (χ3n) is 3.51. The number of nitrogens with one attached hydrogen (secondary N) is 1. The zero-order valence-electron chi connectivity index (χ0n) is 12.7. The van der Waals surface area contributed by atoms with Crippen molar-refractivity contribution in [1.29, 1.82) is 0 Å². The average Bonchev–Trinajstić information content (AvgIpc) is 2.92. The monoisotopic (exact) mass is 320 g/mol. The lowest BCUT2D eigenvalue weighted by Crippen LogP contribution is -2.22. The number of hydrogen-bond acceptors (Lipinski definition) is 5. The van der Waals surface area contributed by atoms with Gasteiger partial charge in [0.25, 0.3) is 0 Å². The summed E-state index contributed by atoms with van der Waals surface area (Å²) >= 11 is 6.91. The van der Waals surface area contributed by atoms with Crippen molar-refractivity contribution in [2.24, 2.45) is 11.7 Å². The minimum atomic E-state index is 0.162. The standard InChI is InChI=1S/C15H20N4S2/c1-8(2)13(11-6-5-7-21-11)17-15-12(14(16)20)9(3)10(4)18-19-15/h5-8,13H,1-4H3,(H2,16,20)(H,17,19). The largest absolute Gasteiger partial charge is 0.389 e. The molecule has 6 heteroatoms. The van der Waals surface area contributed by atoms with Gasteiger partial charge in [-0.2, -0.15) is 5.10 Å². The molecule has 21 heavy (non-hydrogen) atoms. The molecule has 1 atom stereocenters. The summed E-state index contributed by atoms with van der Waals surface area (Å²) in [7, 11) is 0. The summed E-state index contributed by atoms with van der Waals surface area (Å²) in [6.07, 6.45) is 0. The number of nitrogens with two attached hydrogens (primary N) is 1.